The standard InChI is InChI=1S/C17H18ClN3O4S/c1-3-8-20(10-13-5-7-16(18)26-13)11-17(22)19-14-6-4-12(25-2)9-15(14)21(23)24/h3-7,9H,1,8,10-11H2,2H3,(H,19,22). The molecule has 0 unspecified atom stereocenters. The summed E-state index contributed by atoms with van der Waals surface area (Å²) in [5.41, 5.74) is -0.100. The number of ether oxygens (including phenoxy) is 1. The maximum atomic E-state index is 12.4. The number of nitro benzene ring substituents is 1. The van der Waals surface area contributed by atoms with Crippen LogP contribution in [-0.4, -0.2) is 35.9 Å². The van der Waals surface area contributed by atoms with Crippen LogP contribution in [0.25, 0.3) is 0 Å². The zero-order valence-corrected chi connectivity index (χ0v) is 15.7. The first-order chi connectivity index (χ1) is 12.4. The molecule has 1 heterocycles. The number of anilines is 1. The molecule has 0 saturated carbocycles. The number of benzene rings is 1. The van der Waals surface area contributed by atoms with Crippen LogP contribution in [0.15, 0.2) is 43.0 Å². The lowest BCUT2D eigenvalue weighted by molar-refractivity contribution is -0.384. The molecule has 1 amide bonds. The number of carbonyl (C=O) groups is 1. The zero-order chi connectivity index (χ0) is 19.1. The largest absolute Gasteiger partial charge is 0.496 e. The van der Waals surface area contributed by atoms with Crippen molar-refractivity contribution in [3.05, 3.63) is 62.3 Å². The molecule has 2 rings (SSSR count). The van der Waals surface area contributed by atoms with E-state index in [9.17, 15) is 14.9 Å². The number of hydrogen-bond acceptors (Lipinski definition) is 6. The van der Waals surface area contributed by atoms with Crippen LogP contribution in [0.4, 0.5) is 11.4 Å². The number of nitrogens with one attached hydrogen (secondary N) is 1. The van der Waals surface area contributed by atoms with Gasteiger partial charge in [0.15, 0.2) is 0 Å². The second kappa shape index (κ2) is 9.33. The molecular formula is C17H18ClN3O4S. The Bertz CT molecular complexity index is 809. The van der Waals surface area contributed by atoms with E-state index in [2.05, 4.69) is 11.9 Å². The Hall–Kier alpha value is -2.42. The van der Waals surface area contributed by atoms with Crippen molar-refractivity contribution in [3.63, 3.8) is 0 Å². The lowest BCUT2D eigenvalue weighted by atomic mass is 10.2. The minimum Gasteiger partial charge on any atom is -0.496 e. The fraction of sp³-hybridized carbons (Fsp3) is 0.235. The van der Waals surface area contributed by atoms with Crippen molar-refractivity contribution in [2.24, 2.45) is 0 Å². The van der Waals surface area contributed by atoms with E-state index in [1.807, 2.05) is 11.0 Å². The van der Waals surface area contributed by atoms with Gasteiger partial charge in [0.25, 0.3) is 5.69 Å². The number of halogens is 1. The smallest absolute Gasteiger partial charge is 0.296 e. The first kappa shape index (κ1) is 19.9. The molecule has 0 radical (unpaired) electrons. The molecule has 9 heteroatoms. The molecule has 0 aliphatic carbocycles. The molecule has 7 nitrogen and oxygen atoms in total. The van der Waals surface area contributed by atoms with Gasteiger partial charge in [-0.25, -0.2) is 0 Å². The summed E-state index contributed by atoms with van der Waals surface area (Å²) in [6.07, 6.45) is 1.69. The van der Waals surface area contributed by atoms with E-state index in [-0.39, 0.29) is 23.8 Å². The monoisotopic (exact) mass is 395 g/mol. The number of hydrogen-bond donors (Lipinski definition) is 1. The van der Waals surface area contributed by atoms with Crippen LogP contribution in [0.5, 0.6) is 5.75 Å². The molecule has 1 N–H and O–H groups in total. The Balaban J connectivity index is 2.07. The Morgan fingerprint density at radius 2 is 2.23 bits per heavy atom. The van der Waals surface area contributed by atoms with Crippen molar-refractivity contribution in [2.45, 2.75) is 6.54 Å². The SMILES string of the molecule is C=CCN(CC(=O)Nc1ccc(OC)cc1[N+](=O)[O-])Cc1ccc(Cl)s1. The maximum absolute atomic E-state index is 12.4. The van der Waals surface area contributed by atoms with Crippen LogP contribution in [0.2, 0.25) is 4.34 Å². The second-order valence-electron chi connectivity index (χ2n) is 5.35. The predicted molar refractivity (Wildman–Crippen MR) is 103 cm³/mol. The molecule has 138 valence electrons. The lowest BCUT2D eigenvalue weighted by Gasteiger charge is -2.19. The molecule has 0 bridgehead atoms. The van der Waals surface area contributed by atoms with E-state index in [4.69, 9.17) is 16.3 Å². The Morgan fingerprint density at radius 3 is 2.81 bits per heavy atom. The average Bonchev–Trinajstić information content (AvgIpc) is 3.00. The third-order valence-corrected chi connectivity index (χ3v) is 4.65. The maximum Gasteiger partial charge on any atom is 0.296 e. The lowest BCUT2D eigenvalue weighted by Crippen LogP contribution is -2.33. The molecule has 0 saturated heterocycles. The van der Waals surface area contributed by atoms with Gasteiger partial charge in [-0.3, -0.25) is 19.8 Å². The van der Waals surface area contributed by atoms with E-state index in [0.29, 0.717) is 23.2 Å². The zero-order valence-electron chi connectivity index (χ0n) is 14.1. The minimum atomic E-state index is -0.562. The van der Waals surface area contributed by atoms with Crippen LogP contribution in [0, 0.1) is 10.1 Å². The van der Waals surface area contributed by atoms with E-state index < -0.39 is 4.92 Å². The van der Waals surface area contributed by atoms with Crippen molar-refractivity contribution < 1.29 is 14.5 Å². The quantitative estimate of drug-likeness (QED) is 0.395. The Morgan fingerprint density at radius 1 is 1.46 bits per heavy atom. The normalized spacial score (nSPS) is 10.6. The van der Waals surface area contributed by atoms with E-state index in [1.54, 1.807) is 18.2 Å². The van der Waals surface area contributed by atoms with Gasteiger partial charge < -0.3 is 10.1 Å². The number of methoxy groups -OCH3 is 1. The van der Waals surface area contributed by atoms with E-state index in [1.165, 1.54) is 30.6 Å². The van der Waals surface area contributed by atoms with Gasteiger partial charge in [-0.05, 0) is 24.3 Å². The van der Waals surface area contributed by atoms with Crippen molar-refractivity contribution in [1.29, 1.82) is 0 Å². The fourth-order valence-corrected chi connectivity index (χ4v) is 3.44. The summed E-state index contributed by atoms with van der Waals surface area (Å²) in [6, 6.07) is 7.97. The van der Waals surface area contributed by atoms with Gasteiger partial charge in [-0.1, -0.05) is 17.7 Å². The average molecular weight is 396 g/mol. The summed E-state index contributed by atoms with van der Waals surface area (Å²) in [4.78, 5) is 25.9. The molecule has 2 aromatic rings. The second-order valence-corrected chi connectivity index (χ2v) is 7.15. The van der Waals surface area contributed by atoms with Gasteiger partial charge >= 0.3 is 0 Å². The van der Waals surface area contributed by atoms with Gasteiger partial charge in [-0.15, -0.1) is 17.9 Å². The molecule has 0 spiro atoms. The molecule has 26 heavy (non-hydrogen) atoms. The number of rotatable bonds is 9. The van der Waals surface area contributed by atoms with Crippen LogP contribution in [0.3, 0.4) is 0 Å². The summed E-state index contributed by atoms with van der Waals surface area (Å²) < 4.78 is 5.66. The number of nitro groups is 1. The van der Waals surface area contributed by atoms with E-state index >= 15 is 0 Å². The Kier molecular flexibility index (Phi) is 7.14. The minimum absolute atomic E-state index is 0.0602. The van der Waals surface area contributed by atoms with Gasteiger partial charge in [-0.2, -0.15) is 0 Å². The molecule has 1 aromatic carbocycles. The number of thiophene rings is 1. The summed E-state index contributed by atoms with van der Waals surface area (Å²) in [5, 5.41) is 13.8. The summed E-state index contributed by atoms with van der Waals surface area (Å²) in [7, 11) is 1.42. The first-order valence-electron chi connectivity index (χ1n) is 7.62. The number of nitrogens with zero attached hydrogens (tertiary/aromatic N) is 2. The molecular weight excluding hydrogens is 378 g/mol. The molecule has 1 aromatic heterocycles. The van der Waals surface area contributed by atoms with Crippen molar-refractivity contribution in [2.75, 3.05) is 25.5 Å². The number of carbonyl (C=O) groups excluding carboxylic acids is 1. The van der Waals surface area contributed by atoms with Gasteiger partial charge in [0.1, 0.15) is 11.4 Å². The van der Waals surface area contributed by atoms with Crippen LogP contribution >= 0.6 is 22.9 Å². The van der Waals surface area contributed by atoms with Crippen molar-refractivity contribution in [1.82, 2.24) is 4.90 Å². The summed E-state index contributed by atoms with van der Waals surface area (Å²) in [6.45, 7) is 4.78. The van der Waals surface area contributed by atoms with Gasteiger partial charge in [0.05, 0.1) is 29.0 Å². The highest BCUT2D eigenvalue weighted by Gasteiger charge is 2.18. The number of amides is 1. The molecule has 0 aliphatic rings. The fourth-order valence-electron chi connectivity index (χ4n) is 2.31. The molecule has 0 fully saturated rings. The topological polar surface area (TPSA) is 84.7 Å². The third kappa shape index (κ3) is 5.55. The highest BCUT2D eigenvalue weighted by molar-refractivity contribution is 7.16. The summed E-state index contributed by atoms with van der Waals surface area (Å²) >= 11 is 7.37. The van der Waals surface area contributed by atoms with Crippen molar-refractivity contribution in [3.8, 4) is 5.75 Å². The predicted octanol–water partition coefficient (Wildman–Crippen LogP) is 3.95. The molecule has 0 atom stereocenters. The highest BCUT2D eigenvalue weighted by atomic mass is 35.5. The third-order valence-electron chi connectivity index (χ3n) is 3.44. The van der Waals surface area contributed by atoms with Crippen LogP contribution in [0.1, 0.15) is 4.88 Å². The van der Waals surface area contributed by atoms with Crippen molar-refractivity contribution >= 4 is 40.2 Å². The molecule has 0 aliphatic heterocycles. The first-order valence-corrected chi connectivity index (χ1v) is 8.82. The highest BCUT2D eigenvalue weighted by Crippen LogP contribution is 2.29. The van der Waals surface area contributed by atoms with Crippen LogP contribution < -0.4 is 10.1 Å². The van der Waals surface area contributed by atoms with Crippen LogP contribution in [-0.2, 0) is 11.3 Å². The Labute approximate surface area is 160 Å². The summed E-state index contributed by atoms with van der Waals surface area (Å²) in [5.74, 6) is -0.0136. The van der Waals surface area contributed by atoms with Gasteiger partial charge in [0, 0.05) is 18.0 Å². The van der Waals surface area contributed by atoms with Gasteiger partial charge in [0.2, 0.25) is 5.91 Å². The van der Waals surface area contributed by atoms with E-state index in [0.717, 1.165) is 4.88 Å².